The Kier molecular flexibility index (Phi) is 7.48. The highest BCUT2D eigenvalue weighted by Gasteiger charge is 2.43. The van der Waals surface area contributed by atoms with Crippen molar-refractivity contribution in [2.45, 2.75) is 30.6 Å². The molecule has 0 aromatic carbocycles. The maximum absolute atomic E-state index is 9.50. The zero-order chi connectivity index (χ0) is 15.9. The van der Waals surface area contributed by atoms with Gasteiger partial charge in [0.15, 0.2) is 6.23 Å². The third-order valence-corrected chi connectivity index (χ3v) is 2.21. The SMILES string of the molecule is NC(N)=NN[C@@H]1O[C@H](CO)[C@H](O)[C@H](O)[C@H]1O.O=[N+]([O-])O. The van der Waals surface area contributed by atoms with E-state index in [-0.39, 0.29) is 5.96 Å². The molecule has 1 rings (SSSR count). The van der Waals surface area contributed by atoms with Crippen LogP contribution in [0.3, 0.4) is 0 Å². The molecule has 0 saturated carbocycles. The lowest BCUT2D eigenvalue weighted by molar-refractivity contribution is -0.742. The molecule has 1 aliphatic rings. The lowest BCUT2D eigenvalue weighted by Gasteiger charge is -2.39. The number of rotatable bonds is 3. The van der Waals surface area contributed by atoms with E-state index < -0.39 is 42.3 Å². The van der Waals surface area contributed by atoms with Crippen molar-refractivity contribution in [3.05, 3.63) is 10.1 Å². The quantitative estimate of drug-likeness (QED) is 0.107. The standard InChI is InChI=1S/C7H16N4O5.HNO3/c8-7(9)11-10-6-5(15)4(14)3(13)2(1-12)16-6;2-1(3)4/h2-6,10,12-15H,1H2,(H4,8,9,11);(H,2,3,4)/t2-,3+,4+,5-,6-;/m1./s1. The third-order valence-electron chi connectivity index (χ3n) is 2.21. The minimum Gasteiger partial charge on any atom is -0.394 e. The highest BCUT2D eigenvalue weighted by Crippen LogP contribution is 2.19. The van der Waals surface area contributed by atoms with Gasteiger partial charge in [0.25, 0.3) is 5.09 Å². The minimum atomic E-state index is -1.50. The second-order valence-electron chi connectivity index (χ2n) is 3.65. The highest BCUT2D eigenvalue weighted by atomic mass is 16.9. The fraction of sp³-hybridized carbons (Fsp3) is 0.857. The Balaban J connectivity index is 0.000000796. The molecule has 10 N–H and O–H groups in total. The molecule has 0 radical (unpaired) electrons. The Morgan fingerprint density at radius 2 is 1.80 bits per heavy atom. The molecule has 5 atom stereocenters. The summed E-state index contributed by atoms with van der Waals surface area (Å²) in [4.78, 5) is 8.36. The molecule has 0 amide bonds. The summed E-state index contributed by atoms with van der Waals surface area (Å²) in [5, 5.41) is 54.2. The Labute approximate surface area is 112 Å². The van der Waals surface area contributed by atoms with E-state index in [0.29, 0.717) is 0 Å². The normalized spacial score (nSPS) is 32.5. The summed E-state index contributed by atoms with van der Waals surface area (Å²) in [7, 11) is 0. The molecule has 1 aliphatic heterocycles. The van der Waals surface area contributed by atoms with E-state index in [1.807, 2.05) is 0 Å². The zero-order valence-electron chi connectivity index (χ0n) is 10.1. The lowest BCUT2D eigenvalue weighted by Crippen LogP contribution is -2.61. The van der Waals surface area contributed by atoms with Crippen molar-refractivity contribution in [1.82, 2.24) is 5.43 Å². The Morgan fingerprint density at radius 1 is 1.30 bits per heavy atom. The monoisotopic (exact) mass is 299 g/mol. The van der Waals surface area contributed by atoms with E-state index in [0.717, 1.165) is 0 Å². The summed E-state index contributed by atoms with van der Waals surface area (Å²) >= 11 is 0. The first-order chi connectivity index (χ1) is 9.20. The summed E-state index contributed by atoms with van der Waals surface area (Å²) in [6, 6.07) is 0. The van der Waals surface area contributed by atoms with Gasteiger partial charge in [-0.3, -0.25) is 5.43 Å². The molecule has 0 unspecified atom stereocenters. The van der Waals surface area contributed by atoms with E-state index in [9.17, 15) is 15.3 Å². The molecular formula is C7H17N5O8. The van der Waals surface area contributed by atoms with E-state index in [1.54, 1.807) is 0 Å². The molecule has 1 heterocycles. The maximum atomic E-state index is 9.50. The minimum absolute atomic E-state index is 0.281. The topological polar surface area (TPSA) is 230 Å². The van der Waals surface area contributed by atoms with Crippen molar-refractivity contribution >= 4 is 5.96 Å². The number of nitrogens with two attached hydrogens (primary N) is 2. The van der Waals surface area contributed by atoms with Gasteiger partial charge in [0.1, 0.15) is 24.4 Å². The first kappa shape index (κ1) is 18.1. The summed E-state index contributed by atoms with van der Waals surface area (Å²) in [5.74, 6) is -0.281. The number of aliphatic hydroxyl groups is 4. The highest BCUT2D eigenvalue weighted by molar-refractivity contribution is 5.75. The van der Waals surface area contributed by atoms with Gasteiger partial charge in [0, 0.05) is 0 Å². The van der Waals surface area contributed by atoms with Crippen LogP contribution in [0.25, 0.3) is 0 Å². The van der Waals surface area contributed by atoms with E-state index >= 15 is 0 Å². The van der Waals surface area contributed by atoms with Crippen molar-refractivity contribution in [1.29, 1.82) is 0 Å². The van der Waals surface area contributed by atoms with Gasteiger partial charge in [-0.15, -0.1) is 15.2 Å². The fourth-order valence-corrected chi connectivity index (χ4v) is 1.35. The first-order valence-electron chi connectivity index (χ1n) is 5.18. The van der Waals surface area contributed by atoms with Crippen LogP contribution in [0.2, 0.25) is 0 Å². The van der Waals surface area contributed by atoms with Crippen molar-refractivity contribution in [3.63, 3.8) is 0 Å². The molecule has 1 fully saturated rings. The molecular weight excluding hydrogens is 282 g/mol. The van der Waals surface area contributed by atoms with Gasteiger partial charge in [0.2, 0.25) is 5.96 Å². The van der Waals surface area contributed by atoms with Crippen molar-refractivity contribution in [2.75, 3.05) is 6.61 Å². The van der Waals surface area contributed by atoms with Crippen LogP contribution >= 0.6 is 0 Å². The second-order valence-corrected chi connectivity index (χ2v) is 3.65. The molecule has 13 nitrogen and oxygen atoms in total. The van der Waals surface area contributed by atoms with Crippen molar-refractivity contribution < 1.29 is 35.5 Å². The van der Waals surface area contributed by atoms with Gasteiger partial charge in [-0.2, -0.15) is 0 Å². The summed E-state index contributed by atoms with van der Waals surface area (Å²) in [6.45, 7) is -0.509. The van der Waals surface area contributed by atoms with Gasteiger partial charge in [0.05, 0.1) is 6.61 Å². The van der Waals surface area contributed by atoms with Crippen LogP contribution in [-0.4, -0.2) is 73.9 Å². The van der Waals surface area contributed by atoms with Crippen LogP contribution in [0, 0.1) is 10.1 Å². The van der Waals surface area contributed by atoms with Gasteiger partial charge in [-0.25, -0.2) is 0 Å². The molecule has 13 heteroatoms. The lowest BCUT2D eigenvalue weighted by atomic mass is 9.99. The van der Waals surface area contributed by atoms with E-state index in [2.05, 4.69) is 10.5 Å². The Bertz CT molecular complexity index is 331. The Hall–Kier alpha value is -1.93. The second kappa shape index (κ2) is 8.28. The van der Waals surface area contributed by atoms with Crippen molar-refractivity contribution in [2.24, 2.45) is 16.6 Å². The smallest absolute Gasteiger partial charge is 0.291 e. The maximum Gasteiger partial charge on any atom is 0.291 e. The fourth-order valence-electron chi connectivity index (χ4n) is 1.35. The molecule has 20 heavy (non-hydrogen) atoms. The van der Waals surface area contributed by atoms with Crippen LogP contribution in [0.15, 0.2) is 5.10 Å². The number of guanidine groups is 1. The number of nitrogens with one attached hydrogen (secondary N) is 1. The number of aliphatic hydroxyl groups excluding tert-OH is 4. The third kappa shape index (κ3) is 5.81. The van der Waals surface area contributed by atoms with Crippen LogP contribution < -0.4 is 16.9 Å². The number of hydrazone groups is 1. The largest absolute Gasteiger partial charge is 0.394 e. The molecule has 0 aliphatic carbocycles. The summed E-state index contributed by atoms with van der Waals surface area (Å²) < 4.78 is 5.04. The van der Waals surface area contributed by atoms with Gasteiger partial charge in [-0.1, -0.05) is 0 Å². The predicted octanol–water partition coefficient (Wildman–Crippen LogP) is -4.78. The van der Waals surface area contributed by atoms with Gasteiger partial charge < -0.3 is 41.8 Å². The van der Waals surface area contributed by atoms with Gasteiger partial charge in [-0.05, 0) is 0 Å². The molecule has 0 spiro atoms. The molecule has 1 saturated heterocycles. The number of hydrogen-bond donors (Lipinski definition) is 8. The van der Waals surface area contributed by atoms with Crippen LogP contribution in [0.1, 0.15) is 0 Å². The summed E-state index contributed by atoms with van der Waals surface area (Å²) in [6.07, 6.45) is -6.39. The molecule has 0 bridgehead atoms. The first-order valence-corrected chi connectivity index (χ1v) is 5.18. The zero-order valence-corrected chi connectivity index (χ0v) is 10.1. The van der Waals surface area contributed by atoms with Crippen LogP contribution in [0.5, 0.6) is 0 Å². The molecule has 0 aromatic rings. The van der Waals surface area contributed by atoms with E-state index in [4.69, 9.17) is 36.6 Å². The number of hydrogen-bond acceptors (Lipinski definition) is 9. The number of ether oxygens (including phenoxy) is 1. The van der Waals surface area contributed by atoms with E-state index in [1.165, 1.54) is 0 Å². The number of nitrogens with zero attached hydrogens (tertiary/aromatic N) is 2. The predicted molar refractivity (Wildman–Crippen MR) is 61.5 cm³/mol. The van der Waals surface area contributed by atoms with Crippen molar-refractivity contribution in [3.8, 4) is 0 Å². The van der Waals surface area contributed by atoms with Crippen LogP contribution in [-0.2, 0) is 4.74 Å². The average molecular weight is 299 g/mol. The van der Waals surface area contributed by atoms with Crippen LogP contribution in [0.4, 0.5) is 0 Å². The average Bonchev–Trinajstić information content (AvgIpc) is 2.34. The molecule has 0 aromatic heterocycles. The Morgan fingerprint density at radius 3 is 2.20 bits per heavy atom. The van der Waals surface area contributed by atoms with Gasteiger partial charge >= 0.3 is 0 Å². The molecule has 118 valence electrons. The summed E-state index contributed by atoms with van der Waals surface area (Å²) in [5.41, 5.74) is 12.4.